The molecule has 1 aromatic carbocycles. The van der Waals surface area contributed by atoms with Crippen LogP contribution in [0.15, 0.2) is 42.7 Å². The van der Waals surface area contributed by atoms with Gasteiger partial charge in [-0.3, -0.25) is 9.78 Å². The lowest BCUT2D eigenvalue weighted by molar-refractivity contribution is -0.137. The maximum absolute atomic E-state index is 11.1. The van der Waals surface area contributed by atoms with Crippen molar-refractivity contribution in [2.75, 3.05) is 0 Å². The van der Waals surface area contributed by atoms with Crippen LogP contribution in [-0.4, -0.2) is 25.6 Å². The van der Waals surface area contributed by atoms with Crippen molar-refractivity contribution in [2.24, 2.45) is 0 Å². The van der Waals surface area contributed by atoms with Gasteiger partial charge in [0.25, 0.3) is 0 Å². The van der Waals surface area contributed by atoms with E-state index in [4.69, 9.17) is 5.11 Å². The van der Waals surface area contributed by atoms with E-state index in [0.29, 0.717) is 5.82 Å². The maximum Gasteiger partial charge on any atom is 0.323 e. The second-order valence-corrected chi connectivity index (χ2v) is 4.65. The number of carboxylic acids is 1. The van der Waals surface area contributed by atoms with Crippen LogP contribution in [-0.2, 0) is 11.3 Å². The SMILES string of the molecule is Cc1cncc(-c2nc3ccccc3n2CC(=O)O)c1. The number of carbonyl (C=O) groups is 1. The Morgan fingerprint density at radius 1 is 1.30 bits per heavy atom. The first kappa shape index (κ1) is 12.3. The topological polar surface area (TPSA) is 68.0 Å². The minimum atomic E-state index is -0.894. The van der Waals surface area contributed by atoms with Gasteiger partial charge in [-0.25, -0.2) is 4.98 Å². The van der Waals surface area contributed by atoms with E-state index < -0.39 is 5.97 Å². The van der Waals surface area contributed by atoms with Crippen molar-refractivity contribution in [3.05, 3.63) is 48.3 Å². The van der Waals surface area contributed by atoms with E-state index in [9.17, 15) is 4.79 Å². The van der Waals surface area contributed by atoms with Crippen LogP contribution in [0.5, 0.6) is 0 Å². The molecule has 3 rings (SSSR count). The van der Waals surface area contributed by atoms with E-state index in [1.807, 2.05) is 37.3 Å². The summed E-state index contributed by atoms with van der Waals surface area (Å²) in [5.41, 5.74) is 3.43. The van der Waals surface area contributed by atoms with Crippen LogP contribution in [0.4, 0.5) is 0 Å². The monoisotopic (exact) mass is 267 g/mol. The molecule has 0 saturated heterocycles. The highest BCUT2D eigenvalue weighted by atomic mass is 16.4. The third kappa shape index (κ3) is 2.14. The Morgan fingerprint density at radius 3 is 2.85 bits per heavy atom. The van der Waals surface area contributed by atoms with Crippen molar-refractivity contribution in [1.29, 1.82) is 0 Å². The lowest BCUT2D eigenvalue weighted by Crippen LogP contribution is -2.10. The van der Waals surface area contributed by atoms with Gasteiger partial charge < -0.3 is 9.67 Å². The molecule has 3 aromatic rings. The van der Waals surface area contributed by atoms with E-state index in [2.05, 4.69) is 9.97 Å². The molecule has 0 bridgehead atoms. The Hall–Kier alpha value is -2.69. The van der Waals surface area contributed by atoms with Crippen molar-refractivity contribution in [2.45, 2.75) is 13.5 Å². The summed E-state index contributed by atoms with van der Waals surface area (Å²) in [5, 5.41) is 9.11. The fraction of sp³-hybridized carbons (Fsp3) is 0.133. The smallest absolute Gasteiger partial charge is 0.323 e. The molecule has 20 heavy (non-hydrogen) atoms. The first-order valence-electron chi connectivity index (χ1n) is 6.24. The van der Waals surface area contributed by atoms with E-state index in [1.165, 1.54) is 0 Å². The third-order valence-corrected chi connectivity index (χ3v) is 3.08. The van der Waals surface area contributed by atoms with Gasteiger partial charge in [0.1, 0.15) is 12.4 Å². The molecular formula is C15H13N3O2. The standard InChI is InChI=1S/C15H13N3O2/c1-10-6-11(8-16-7-10)15-17-12-4-2-3-5-13(12)18(15)9-14(19)20/h2-8H,9H2,1H3,(H,19,20). The molecule has 0 radical (unpaired) electrons. The summed E-state index contributed by atoms with van der Waals surface area (Å²) in [5.74, 6) is -0.264. The highest BCUT2D eigenvalue weighted by molar-refractivity contribution is 5.82. The van der Waals surface area contributed by atoms with Gasteiger partial charge in [-0.15, -0.1) is 0 Å². The number of hydrogen-bond donors (Lipinski definition) is 1. The molecule has 0 atom stereocenters. The molecule has 0 aliphatic heterocycles. The van der Waals surface area contributed by atoms with Crippen LogP contribution >= 0.6 is 0 Å². The Labute approximate surface area is 115 Å². The lowest BCUT2D eigenvalue weighted by atomic mass is 10.2. The van der Waals surface area contributed by atoms with Gasteiger partial charge in [0.15, 0.2) is 0 Å². The third-order valence-electron chi connectivity index (χ3n) is 3.08. The molecule has 0 aliphatic carbocycles. The predicted octanol–water partition coefficient (Wildman–Crippen LogP) is 2.49. The number of imidazole rings is 1. The van der Waals surface area contributed by atoms with Crippen molar-refractivity contribution >= 4 is 17.0 Å². The Morgan fingerprint density at radius 2 is 2.10 bits per heavy atom. The van der Waals surface area contributed by atoms with Crippen LogP contribution in [0, 0.1) is 6.92 Å². The molecule has 0 unspecified atom stereocenters. The number of carboxylic acid groups (broad SMARTS) is 1. The van der Waals surface area contributed by atoms with Gasteiger partial charge in [-0.1, -0.05) is 12.1 Å². The van der Waals surface area contributed by atoms with Crippen molar-refractivity contribution in [3.8, 4) is 11.4 Å². The second kappa shape index (κ2) is 4.77. The molecule has 2 heterocycles. The average Bonchev–Trinajstić information content (AvgIpc) is 2.77. The minimum absolute atomic E-state index is 0.121. The zero-order chi connectivity index (χ0) is 14.1. The van der Waals surface area contributed by atoms with E-state index in [0.717, 1.165) is 22.2 Å². The molecule has 100 valence electrons. The summed E-state index contributed by atoms with van der Waals surface area (Å²) in [6.45, 7) is 1.82. The van der Waals surface area contributed by atoms with E-state index >= 15 is 0 Å². The number of aromatic nitrogens is 3. The largest absolute Gasteiger partial charge is 0.480 e. The normalized spacial score (nSPS) is 10.8. The number of pyridine rings is 1. The van der Waals surface area contributed by atoms with Gasteiger partial charge in [-0.05, 0) is 30.7 Å². The number of nitrogens with zero attached hydrogens (tertiary/aromatic N) is 3. The zero-order valence-corrected chi connectivity index (χ0v) is 10.9. The molecule has 1 N–H and O–H groups in total. The maximum atomic E-state index is 11.1. The Bertz CT molecular complexity index is 793. The second-order valence-electron chi connectivity index (χ2n) is 4.65. The van der Waals surface area contributed by atoms with Gasteiger partial charge >= 0.3 is 5.97 Å². The molecule has 0 fully saturated rings. The summed E-state index contributed by atoms with van der Waals surface area (Å²) in [6, 6.07) is 9.46. The summed E-state index contributed by atoms with van der Waals surface area (Å²) in [7, 11) is 0. The number of aryl methyl sites for hydroxylation is 1. The van der Waals surface area contributed by atoms with Gasteiger partial charge in [0.2, 0.25) is 0 Å². The minimum Gasteiger partial charge on any atom is -0.480 e. The lowest BCUT2D eigenvalue weighted by Gasteiger charge is -2.06. The van der Waals surface area contributed by atoms with Crippen LogP contribution in [0.25, 0.3) is 22.4 Å². The van der Waals surface area contributed by atoms with Crippen molar-refractivity contribution < 1.29 is 9.90 Å². The Balaban J connectivity index is 2.26. The highest BCUT2D eigenvalue weighted by Gasteiger charge is 2.14. The number of rotatable bonds is 3. The van der Waals surface area contributed by atoms with Crippen molar-refractivity contribution in [1.82, 2.24) is 14.5 Å². The first-order chi connectivity index (χ1) is 9.65. The number of benzene rings is 1. The fourth-order valence-electron chi connectivity index (χ4n) is 2.27. The van der Waals surface area contributed by atoms with Gasteiger partial charge in [0.05, 0.1) is 11.0 Å². The highest BCUT2D eigenvalue weighted by Crippen LogP contribution is 2.24. The summed E-state index contributed by atoms with van der Waals surface area (Å²) in [6.07, 6.45) is 3.46. The van der Waals surface area contributed by atoms with Crippen LogP contribution in [0.1, 0.15) is 5.56 Å². The molecule has 5 nitrogen and oxygen atoms in total. The zero-order valence-electron chi connectivity index (χ0n) is 10.9. The van der Waals surface area contributed by atoms with E-state index in [1.54, 1.807) is 17.0 Å². The number of fused-ring (bicyclic) bond motifs is 1. The fourth-order valence-corrected chi connectivity index (χ4v) is 2.27. The summed E-state index contributed by atoms with van der Waals surface area (Å²) in [4.78, 5) is 19.8. The van der Waals surface area contributed by atoms with Gasteiger partial charge in [0, 0.05) is 18.0 Å². The predicted molar refractivity (Wildman–Crippen MR) is 75.3 cm³/mol. The molecule has 0 saturated carbocycles. The number of aliphatic carboxylic acids is 1. The molecular weight excluding hydrogens is 254 g/mol. The number of hydrogen-bond acceptors (Lipinski definition) is 3. The molecule has 0 amide bonds. The quantitative estimate of drug-likeness (QED) is 0.791. The summed E-state index contributed by atoms with van der Waals surface area (Å²) < 4.78 is 1.70. The molecule has 5 heteroatoms. The van der Waals surface area contributed by atoms with Gasteiger partial charge in [-0.2, -0.15) is 0 Å². The molecule has 2 aromatic heterocycles. The Kier molecular flexibility index (Phi) is 2.95. The molecule has 0 aliphatic rings. The van der Waals surface area contributed by atoms with Crippen molar-refractivity contribution in [3.63, 3.8) is 0 Å². The van der Waals surface area contributed by atoms with Crippen LogP contribution in [0.2, 0.25) is 0 Å². The molecule has 0 spiro atoms. The van der Waals surface area contributed by atoms with Crippen LogP contribution < -0.4 is 0 Å². The number of para-hydroxylation sites is 2. The average molecular weight is 267 g/mol. The van der Waals surface area contributed by atoms with E-state index in [-0.39, 0.29) is 6.54 Å². The summed E-state index contributed by atoms with van der Waals surface area (Å²) >= 11 is 0. The van der Waals surface area contributed by atoms with Crippen LogP contribution in [0.3, 0.4) is 0 Å². The first-order valence-corrected chi connectivity index (χ1v) is 6.24.